The van der Waals surface area contributed by atoms with Crippen molar-refractivity contribution < 1.29 is 9.47 Å². The van der Waals surface area contributed by atoms with E-state index in [1.165, 1.54) is 0 Å². The van der Waals surface area contributed by atoms with Gasteiger partial charge in [0.05, 0.1) is 38.7 Å². The fourth-order valence-corrected chi connectivity index (χ4v) is 3.47. The predicted molar refractivity (Wildman–Crippen MR) is 125 cm³/mol. The van der Waals surface area contributed by atoms with E-state index in [2.05, 4.69) is 40.9 Å². The van der Waals surface area contributed by atoms with Gasteiger partial charge in [0.2, 0.25) is 17.8 Å². The van der Waals surface area contributed by atoms with Gasteiger partial charge in [-0.15, -0.1) is 0 Å². The van der Waals surface area contributed by atoms with Crippen LogP contribution in [0.3, 0.4) is 0 Å². The number of rotatable bonds is 9. The van der Waals surface area contributed by atoms with Crippen LogP contribution >= 0.6 is 0 Å². The van der Waals surface area contributed by atoms with Crippen molar-refractivity contribution in [3.05, 3.63) is 46.0 Å². The highest BCUT2D eigenvalue weighted by molar-refractivity contribution is 5.46. The van der Waals surface area contributed by atoms with E-state index in [9.17, 15) is 0 Å². The Bertz CT molecular complexity index is 1020. The van der Waals surface area contributed by atoms with Crippen LogP contribution in [-0.4, -0.2) is 46.2 Å². The van der Waals surface area contributed by atoms with Crippen LogP contribution in [0.25, 0.3) is 0 Å². The number of pyridine rings is 2. The molecule has 0 aromatic carbocycles. The van der Waals surface area contributed by atoms with Gasteiger partial charge in [-0.2, -0.15) is 15.0 Å². The van der Waals surface area contributed by atoms with E-state index in [0.29, 0.717) is 30.9 Å². The Morgan fingerprint density at radius 2 is 1.09 bits per heavy atom. The number of ether oxygens (including phenoxy) is 2. The van der Waals surface area contributed by atoms with Crippen molar-refractivity contribution in [1.82, 2.24) is 24.9 Å². The van der Waals surface area contributed by atoms with Crippen molar-refractivity contribution in [1.29, 1.82) is 0 Å². The summed E-state index contributed by atoms with van der Waals surface area (Å²) in [7, 11) is 5.09. The summed E-state index contributed by atoms with van der Waals surface area (Å²) >= 11 is 0. The van der Waals surface area contributed by atoms with Gasteiger partial charge >= 0.3 is 0 Å². The molecule has 170 valence electrons. The van der Waals surface area contributed by atoms with Crippen molar-refractivity contribution in [3.63, 3.8) is 0 Å². The first kappa shape index (κ1) is 23.0. The average molecular weight is 439 g/mol. The number of aromatic nitrogens is 5. The van der Waals surface area contributed by atoms with Crippen LogP contribution in [-0.2, 0) is 13.1 Å². The molecule has 0 aliphatic rings. The summed E-state index contributed by atoms with van der Waals surface area (Å²) in [5.74, 6) is 2.98. The Balaban J connectivity index is 1.77. The molecule has 0 spiro atoms. The molecule has 0 amide bonds. The van der Waals surface area contributed by atoms with E-state index >= 15 is 0 Å². The summed E-state index contributed by atoms with van der Waals surface area (Å²) < 4.78 is 11.0. The van der Waals surface area contributed by atoms with Crippen LogP contribution in [0.1, 0.15) is 33.6 Å². The number of anilines is 3. The summed E-state index contributed by atoms with van der Waals surface area (Å²) in [6.45, 7) is 8.81. The van der Waals surface area contributed by atoms with Gasteiger partial charge in [-0.05, 0) is 27.7 Å². The molecule has 0 saturated heterocycles. The third-order valence-corrected chi connectivity index (χ3v) is 5.19. The molecule has 0 fully saturated rings. The topological polar surface area (TPSA) is 119 Å². The standard InChI is InChI=1S/C22H30N8O2/c1-12-8-24-16(14(3)18(12)31-6)10-26-21-28-20(23-5)29-22(30-21)27-11-17-15(4)19(32-7)13(2)9-25-17/h8-9H,10-11H2,1-7H3,(H3,23,26,27,28,29,30). The van der Waals surface area contributed by atoms with Gasteiger partial charge in [0.25, 0.3) is 0 Å². The molecular formula is C22H30N8O2. The first-order valence-electron chi connectivity index (χ1n) is 10.3. The minimum atomic E-state index is 0.429. The van der Waals surface area contributed by atoms with E-state index in [4.69, 9.17) is 9.47 Å². The number of nitrogens with one attached hydrogen (secondary N) is 3. The number of hydrogen-bond donors (Lipinski definition) is 3. The summed E-state index contributed by atoms with van der Waals surface area (Å²) in [5.41, 5.74) is 5.68. The number of methoxy groups -OCH3 is 2. The number of nitrogens with zero attached hydrogens (tertiary/aromatic N) is 5. The zero-order valence-electron chi connectivity index (χ0n) is 19.6. The average Bonchev–Trinajstić information content (AvgIpc) is 2.78. The van der Waals surface area contributed by atoms with Crippen LogP contribution in [0.5, 0.6) is 11.5 Å². The molecule has 0 aliphatic carbocycles. The summed E-state index contributed by atoms with van der Waals surface area (Å²) in [4.78, 5) is 22.3. The molecule has 3 aromatic rings. The second-order valence-corrected chi connectivity index (χ2v) is 7.36. The molecule has 10 heteroatoms. The van der Waals surface area contributed by atoms with Gasteiger partial charge in [0.15, 0.2) is 0 Å². The third kappa shape index (κ3) is 4.96. The molecule has 10 nitrogen and oxygen atoms in total. The molecule has 3 aromatic heterocycles. The predicted octanol–water partition coefficient (Wildman–Crippen LogP) is 3.18. The zero-order valence-corrected chi connectivity index (χ0v) is 19.6. The number of aryl methyl sites for hydroxylation is 2. The van der Waals surface area contributed by atoms with Crippen LogP contribution in [0, 0.1) is 27.7 Å². The third-order valence-electron chi connectivity index (χ3n) is 5.19. The SMILES string of the molecule is CNc1nc(NCc2ncc(C)c(OC)c2C)nc(NCc2ncc(C)c(OC)c2C)n1. The van der Waals surface area contributed by atoms with E-state index in [1.54, 1.807) is 33.7 Å². The molecular weight excluding hydrogens is 408 g/mol. The van der Waals surface area contributed by atoms with Gasteiger partial charge in [-0.25, -0.2) is 0 Å². The molecule has 0 atom stereocenters. The lowest BCUT2D eigenvalue weighted by atomic mass is 10.1. The lowest BCUT2D eigenvalue weighted by Gasteiger charge is -2.14. The Morgan fingerprint density at radius 1 is 0.688 bits per heavy atom. The molecule has 3 N–H and O–H groups in total. The highest BCUT2D eigenvalue weighted by Gasteiger charge is 2.13. The van der Waals surface area contributed by atoms with Gasteiger partial charge in [-0.1, -0.05) is 0 Å². The van der Waals surface area contributed by atoms with E-state index in [0.717, 1.165) is 45.1 Å². The summed E-state index contributed by atoms with van der Waals surface area (Å²) in [6.07, 6.45) is 3.60. The lowest BCUT2D eigenvalue weighted by molar-refractivity contribution is 0.407. The Kier molecular flexibility index (Phi) is 7.24. The molecule has 0 saturated carbocycles. The molecule has 0 radical (unpaired) electrons. The van der Waals surface area contributed by atoms with Gasteiger partial charge in [-0.3, -0.25) is 9.97 Å². The van der Waals surface area contributed by atoms with Gasteiger partial charge in [0.1, 0.15) is 11.5 Å². The first-order chi connectivity index (χ1) is 15.4. The van der Waals surface area contributed by atoms with Crippen LogP contribution in [0.2, 0.25) is 0 Å². The van der Waals surface area contributed by atoms with Crippen LogP contribution in [0.4, 0.5) is 17.8 Å². The van der Waals surface area contributed by atoms with E-state index in [-0.39, 0.29) is 0 Å². The van der Waals surface area contributed by atoms with Crippen LogP contribution < -0.4 is 25.4 Å². The van der Waals surface area contributed by atoms with Crippen molar-refractivity contribution in [2.75, 3.05) is 37.2 Å². The Morgan fingerprint density at radius 3 is 1.47 bits per heavy atom. The maximum absolute atomic E-state index is 5.49. The maximum Gasteiger partial charge on any atom is 0.229 e. The van der Waals surface area contributed by atoms with E-state index < -0.39 is 0 Å². The van der Waals surface area contributed by atoms with Crippen molar-refractivity contribution >= 4 is 17.8 Å². The second-order valence-electron chi connectivity index (χ2n) is 7.36. The van der Waals surface area contributed by atoms with Crippen molar-refractivity contribution in [2.24, 2.45) is 0 Å². The minimum absolute atomic E-state index is 0.429. The van der Waals surface area contributed by atoms with Gasteiger partial charge in [0, 0.05) is 41.7 Å². The first-order valence-corrected chi connectivity index (χ1v) is 10.3. The van der Waals surface area contributed by atoms with Gasteiger partial charge < -0.3 is 25.4 Å². The summed E-state index contributed by atoms with van der Waals surface area (Å²) in [5, 5.41) is 9.42. The second kappa shape index (κ2) is 10.1. The molecule has 0 unspecified atom stereocenters. The Hall–Kier alpha value is -3.69. The quantitative estimate of drug-likeness (QED) is 0.459. The largest absolute Gasteiger partial charge is 0.496 e. The smallest absolute Gasteiger partial charge is 0.229 e. The zero-order chi connectivity index (χ0) is 23.3. The lowest BCUT2D eigenvalue weighted by Crippen LogP contribution is -2.13. The normalized spacial score (nSPS) is 10.6. The highest BCUT2D eigenvalue weighted by Crippen LogP contribution is 2.25. The molecule has 3 rings (SSSR count). The monoisotopic (exact) mass is 438 g/mol. The summed E-state index contributed by atoms with van der Waals surface area (Å²) in [6, 6.07) is 0. The molecule has 0 aliphatic heterocycles. The molecule has 32 heavy (non-hydrogen) atoms. The minimum Gasteiger partial charge on any atom is -0.496 e. The maximum atomic E-state index is 5.49. The number of hydrogen-bond acceptors (Lipinski definition) is 10. The van der Waals surface area contributed by atoms with Crippen molar-refractivity contribution in [3.8, 4) is 11.5 Å². The highest BCUT2D eigenvalue weighted by atomic mass is 16.5. The molecule has 3 heterocycles. The van der Waals surface area contributed by atoms with E-state index in [1.807, 2.05) is 27.7 Å². The fourth-order valence-electron chi connectivity index (χ4n) is 3.47. The Labute approximate surface area is 188 Å². The van der Waals surface area contributed by atoms with Crippen molar-refractivity contribution in [2.45, 2.75) is 40.8 Å². The molecule has 0 bridgehead atoms. The van der Waals surface area contributed by atoms with Crippen LogP contribution in [0.15, 0.2) is 12.4 Å². The fraction of sp³-hybridized carbons (Fsp3) is 0.409.